The zero-order valence-corrected chi connectivity index (χ0v) is 13.9. The van der Waals surface area contributed by atoms with Crippen LogP contribution in [0.4, 0.5) is 0 Å². The lowest BCUT2D eigenvalue weighted by Crippen LogP contribution is -2.35. The van der Waals surface area contributed by atoms with Crippen LogP contribution in [0.25, 0.3) is 0 Å². The number of hydrogen-bond donors (Lipinski definition) is 0. The molecule has 0 aliphatic rings. The Bertz CT molecular complexity index is 517. The lowest BCUT2D eigenvalue weighted by Gasteiger charge is -2.22. The van der Waals surface area contributed by atoms with Crippen LogP contribution in [0.3, 0.4) is 0 Å². The van der Waals surface area contributed by atoms with E-state index in [-0.39, 0.29) is 0 Å². The van der Waals surface area contributed by atoms with Gasteiger partial charge in [0.2, 0.25) is 10.0 Å². The molecule has 0 N–H and O–H groups in total. The Morgan fingerprint density at radius 1 is 1.26 bits per heavy atom. The lowest BCUT2D eigenvalue weighted by atomic mass is 10.2. The van der Waals surface area contributed by atoms with E-state index < -0.39 is 10.0 Å². The Morgan fingerprint density at radius 3 is 2.47 bits per heavy atom. The summed E-state index contributed by atoms with van der Waals surface area (Å²) in [4.78, 5) is 0.371. The van der Waals surface area contributed by atoms with Gasteiger partial charge in [-0.1, -0.05) is 33.6 Å². The minimum absolute atomic E-state index is 0.359. The van der Waals surface area contributed by atoms with Crippen LogP contribution in [-0.2, 0) is 14.8 Å². The van der Waals surface area contributed by atoms with E-state index >= 15 is 0 Å². The minimum atomic E-state index is -3.46. The van der Waals surface area contributed by atoms with Crippen LogP contribution in [-0.4, -0.2) is 44.9 Å². The van der Waals surface area contributed by atoms with Gasteiger partial charge in [-0.25, -0.2) is 8.42 Å². The van der Waals surface area contributed by atoms with Gasteiger partial charge in [0.25, 0.3) is 0 Å². The van der Waals surface area contributed by atoms with Crippen LogP contribution in [0.1, 0.15) is 11.1 Å². The summed E-state index contributed by atoms with van der Waals surface area (Å²) in [6.45, 7) is 4.95. The maximum Gasteiger partial charge on any atom is 0.243 e. The molecular formula is C13H20BrNO3S. The van der Waals surface area contributed by atoms with Crippen LogP contribution >= 0.6 is 15.9 Å². The molecule has 4 nitrogen and oxygen atoms in total. The third-order valence-corrected chi connectivity index (χ3v) is 5.24. The summed E-state index contributed by atoms with van der Waals surface area (Å²) in [6, 6.07) is 5.38. The summed E-state index contributed by atoms with van der Waals surface area (Å²) in [5, 5.41) is 0.598. The summed E-state index contributed by atoms with van der Waals surface area (Å²) in [5.41, 5.74) is 1.83. The minimum Gasteiger partial charge on any atom is -0.383 e. The molecule has 0 saturated heterocycles. The van der Waals surface area contributed by atoms with Crippen molar-refractivity contribution in [1.82, 2.24) is 4.31 Å². The highest BCUT2D eigenvalue weighted by molar-refractivity contribution is 9.09. The molecule has 0 aliphatic heterocycles. The first-order chi connectivity index (χ1) is 8.93. The van der Waals surface area contributed by atoms with Gasteiger partial charge in [0.1, 0.15) is 0 Å². The van der Waals surface area contributed by atoms with Crippen molar-refractivity contribution in [3.63, 3.8) is 0 Å². The largest absolute Gasteiger partial charge is 0.383 e. The van der Waals surface area contributed by atoms with Crippen molar-refractivity contribution in [3.05, 3.63) is 29.3 Å². The smallest absolute Gasteiger partial charge is 0.243 e. The van der Waals surface area contributed by atoms with Crippen molar-refractivity contribution in [3.8, 4) is 0 Å². The molecule has 0 amide bonds. The van der Waals surface area contributed by atoms with Crippen molar-refractivity contribution in [1.29, 1.82) is 0 Å². The number of ether oxygens (including phenoxy) is 1. The fourth-order valence-electron chi connectivity index (χ4n) is 1.87. The van der Waals surface area contributed by atoms with Gasteiger partial charge in [-0.15, -0.1) is 0 Å². The number of rotatable bonds is 7. The van der Waals surface area contributed by atoms with Gasteiger partial charge >= 0.3 is 0 Å². The Hall–Kier alpha value is -0.430. The van der Waals surface area contributed by atoms with E-state index in [0.29, 0.717) is 29.9 Å². The third kappa shape index (κ3) is 4.27. The molecule has 1 rings (SSSR count). The van der Waals surface area contributed by atoms with Gasteiger partial charge in [0.05, 0.1) is 11.5 Å². The highest BCUT2D eigenvalue weighted by Crippen LogP contribution is 2.21. The van der Waals surface area contributed by atoms with Crippen molar-refractivity contribution >= 4 is 26.0 Å². The summed E-state index contributed by atoms with van der Waals surface area (Å²) in [7, 11) is -1.89. The van der Waals surface area contributed by atoms with E-state index in [1.54, 1.807) is 13.2 Å². The van der Waals surface area contributed by atoms with Gasteiger partial charge in [0, 0.05) is 25.5 Å². The molecule has 0 fully saturated rings. The first kappa shape index (κ1) is 16.6. The molecule has 1 aromatic rings. The van der Waals surface area contributed by atoms with Crippen molar-refractivity contribution < 1.29 is 13.2 Å². The molecule has 0 aliphatic carbocycles. The molecule has 0 bridgehead atoms. The fourth-order valence-corrected chi connectivity index (χ4v) is 4.16. The summed E-state index contributed by atoms with van der Waals surface area (Å²) in [6.07, 6.45) is 0. The average molecular weight is 350 g/mol. The lowest BCUT2D eigenvalue weighted by molar-refractivity contribution is 0.180. The average Bonchev–Trinajstić information content (AvgIpc) is 2.33. The number of halogens is 1. The van der Waals surface area contributed by atoms with Crippen LogP contribution in [0, 0.1) is 13.8 Å². The van der Waals surface area contributed by atoms with E-state index in [1.807, 2.05) is 26.0 Å². The molecular weight excluding hydrogens is 330 g/mol. The molecule has 0 aromatic heterocycles. The number of nitrogens with zero attached hydrogens (tertiary/aromatic N) is 1. The van der Waals surface area contributed by atoms with E-state index in [0.717, 1.165) is 11.1 Å². The van der Waals surface area contributed by atoms with Crippen LogP contribution < -0.4 is 0 Å². The molecule has 0 saturated carbocycles. The van der Waals surface area contributed by atoms with Crippen LogP contribution in [0.5, 0.6) is 0 Å². The van der Waals surface area contributed by atoms with Gasteiger partial charge in [-0.3, -0.25) is 0 Å². The topological polar surface area (TPSA) is 46.6 Å². The van der Waals surface area contributed by atoms with Crippen molar-refractivity contribution in [2.24, 2.45) is 0 Å². The zero-order chi connectivity index (χ0) is 14.5. The van der Waals surface area contributed by atoms with Gasteiger partial charge in [0.15, 0.2) is 0 Å². The van der Waals surface area contributed by atoms with E-state index in [1.165, 1.54) is 4.31 Å². The van der Waals surface area contributed by atoms with Gasteiger partial charge in [-0.2, -0.15) is 4.31 Å². The summed E-state index contributed by atoms with van der Waals surface area (Å²) < 4.78 is 31.6. The molecule has 0 heterocycles. The standard InChI is InChI=1S/C13H20BrNO3S/c1-11-4-5-13(12(2)10-11)19(16,17)15(7-6-14)8-9-18-3/h4-5,10H,6-9H2,1-3H3. The highest BCUT2D eigenvalue weighted by atomic mass is 79.9. The molecule has 108 valence electrons. The molecule has 0 atom stereocenters. The van der Waals surface area contributed by atoms with Crippen LogP contribution in [0.2, 0.25) is 0 Å². The Kier molecular flexibility index (Phi) is 6.46. The summed E-state index contributed by atoms with van der Waals surface area (Å²) in [5.74, 6) is 0. The van der Waals surface area contributed by atoms with Gasteiger partial charge < -0.3 is 4.74 Å². The number of methoxy groups -OCH3 is 1. The Balaban J connectivity index is 3.11. The first-order valence-corrected chi connectivity index (χ1v) is 8.62. The van der Waals surface area contributed by atoms with Crippen LogP contribution in [0.15, 0.2) is 23.1 Å². The second-order valence-electron chi connectivity index (χ2n) is 4.35. The SMILES string of the molecule is COCCN(CCBr)S(=O)(=O)c1ccc(C)cc1C. The van der Waals surface area contributed by atoms with E-state index in [4.69, 9.17) is 4.74 Å². The third-order valence-electron chi connectivity index (χ3n) is 2.83. The number of aryl methyl sites for hydroxylation is 2. The molecule has 19 heavy (non-hydrogen) atoms. The number of benzene rings is 1. The van der Waals surface area contributed by atoms with Gasteiger partial charge in [-0.05, 0) is 25.5 Å². The van der Waals surface area contributed by atoms with Crippen molar-refractivity contribution in [2.45, 2.75) is 18.7 Å². The number of alkyl halides is 1. The molecule has 6 heteroatoms. The van der Waals surface area contributed by atoms with E-state index in [2.05, 4.69) is 15.9 Å². The Morgan fingerprint density at radius 2 is 1.95 bits per heavy atom. The number of hydrogen-bond acceptors (Lipinski definition) is 3. The quantitative estimate of drug-likeness (QED) is 0.709. The number of sulfonamides is 1. The predicted molar refractivity (Wildman–Crippen MR) is 80.3 cm³/mol. The predicted octanol–water partition coefficient (Wildman–Crippen LogP) is 2.34. The zero-order valence-electron chi connectivity index (χ0n) is 11.5. The summed E-state index contributed by atoms with van der Waals surface area (Å²) >= 11 is 3.29. The molecule has 1 aromatic carbocycles. The molecule has 0 spiro atoms. The Labute approximate surface area is 123 Å². The monoisotopic (exact) mass is 349 g/mol. The van der Waals surface area contributed by atoms with E-state index in [9.17, 15) is 8.42 Å². The maximum atomic E-state index is 12.6. The molecule has 0 unspecified atom stereocenters. The second-order valence-corrected chi connectivity index (χ2v) is 7.05. The van der Waals surface area contributed by atoms with Crippen molar-refractivity contribution in [2.75, 3.05) is 32.1 Å². The second kappa shape index (κ2) is 7.38. The normalized spacial score (nSPS) is 12.1. The first-order valence-electron chi connectivity index (χ1n) is 6.05. The maximum absolute atomic E-state index is 12.6. The highest BCUT2D eigenvalue weighted by Gasteiger charge is 2.25. The fraction of sp³-hybridized carbons (Fsp3) is 0.538. The molecule has 0 radical (unpaired) electrons.